The number of hydrogen-bond donors (Lipinski definition) is 9. The van der Waals surface area contributed by atoms with Crippen molar-refractivity contribution in [2.45, 2.75) is 140 Å². The normalized spacial score (nSPS) is 30.4. The van der Waals surface area contributed by atoms with E-state index in [1.54, 1.807) is 31.2 Å². The van der Waals surface area contributed by atoms with E-state index < -0.39 is 104 Å². The van der Waals surface area contributed by atoms with Gasteiger partial charge in [0.1, 0.15) is 54.7 Å². The fourth-order valence-electron chi connectivity index (χ4n) is 7.09. The van der Waals surface area contributed by atoms with Gasteiger partial charge in [0.2, 0.25) is 5.79 Å². The summed E-state index contributed by atoms with van der Waals surface area (Å²) in [7, 11) is 0. The lowest BCUT2D eigenvalue weighted by atomic mass is 9.86. The number of phenolic OH excluding ortho intramolecular Hbond substituents is 2. The molecule has 3 heterocycles. The Hall–Kier alpha value is -4.50. The van der Waals surface area contributed by atoms with Gasteiger partial charge in [-0.2, -0.15) is 0 Å². The molecule has 0 saturated carbocycles. The highest BCUT2D eigenvalue weighted by Crippen LogP contribution is 2.51. The minimum absolute atomic E-state index is 0.121. The number of hydrogen-bond acceptors (Lipinski definition) is 17. The lowest BCUT2D eigenvalue weighted by Gasteiger charge is -2.50. The second-order valence-electron chi connectivity index (χ2n) is 16.0. The fraction of sp³-hybridized carbons (Fsp3) is 0.532. The van der Waals surface area contributed by atoms with Crippen LogP contribution in [-0.2, 0) is 50.4 Å². The monoisotopic (exact) mass is 900 g/mol. The number of phenols is 2. The van der Waals surface area contributed by atoms with Crippen molar-refractivity contribution in [3.05, 3.63) is 108 Å². The van der Waals surface area contributed by atoms with Gasteiger partial charge in [-0.05, 0) is 55.7 Å². The number of aromatic hydroxyl groups is 2. The Bertz CT molecular complexity index is 1890. The number of aliphatic hydroxyl groups excluding tert-OH is 7. The summed E-state index contributed by atoms with van der Waals surface area (Å²) in [5.41, 5.74) is 0.834. The molecule has 64 heavy (non-hydrogen) atoms. The highest BCUT2D eigenvalue weighted by Gasteiger charge is 2.63. The molecule has 0 aromatic heterocycles. The van der Waals surface area contributed by atoms with Crippen LogP contribution in [0, 0.1) is 5.92 Å². The van der Waals surface area contributed by atoms with Gasteiger partial charge >= 0.3 is 11.9 Å². The number of fused-ring (bicyclic) bond motifs is 2. The first-order valence-corrected chi connectivity index (χ1v) is 21.5. The zero-order valence-corrected chi connectivity index (χ0v) is 36.5. The van der Waals surface area contributed by atoms with E-state index in [1.807, 2.05) is 19.1 Å². The topological polar surface area (TPSA) is 272 Å². The Balaban J connectivity index is 1.51. The van der Waals surface area contributed by atoms with E-state index in [4.69, 9.17) is 28.4 Å². The third kappa shape index (κ3) is 14.0. The molecule has 17 nitrogen and oxygen atoms in total. The minimum atomic E-state index is -2.28. The Kier molecular flexibility index (Phi) is 20.6. The van der Waals surface area contributed by atoms with Gasteiger partial charge in [-0.15, -0.1) is 0 Å². The van der Waals surface area contributed by atoms with Crippen LogP contribution in [0.15, 0.2) is 96.7 Å². The third-order valence-electron chi connectivity index (χ3n) is 11.2. The largest absolute Gasteiger partial charge is 0.508 e. The average Bonchev–Trinajstić information content (AvgIpc) is 3.64. The first-order chi connectivity index (χ1) is 30.6. The highest BCUT2D eigenvalue weighted by molar-refractivity contribution is 5.82. The Morgan fingerprint density at radius 3 is 2.31 bits per heavy atom. The third-order valence-corrected chi connectivity index (χ3v) is 11.2. The number of carbonyl (C=O) groups is 2. The van der Waals surface area contributed by atoms with Crippen LogP contribution in [-0.4, -0.2) is 138 Å². The van der Waals surface area contributed by atoms with Crippen LogP contribution in [0.5, 0.6) is 11.5 Å². The lowest BCUT2D eigenvalue weighted by molar-refractivity contribution is -0.395. The molecule has 0 amide bonds. The van der Waals surface area contributed by atoms with E-state index in [0.717, 1.165) is 43.1 Å². The zero-order valence-electron chi connectivity index (χ0n) is 36.5. The molecule has 1 aromatic carbocycles. The summed E-state index contributed by atoms with van der Waals surface area (Å²) < 4.78 is 34.6. The van der Waals surface area contributed by atoms with Crippen LogP contribution >= 0.6 is 0 Å². The van der Waals surface area contributed by atoms with Gasteiger partial charge in [-0.1, -0.05) is 94.0 Å². The van der Waals surface area contributed by atoms with Gasteiger partial charge in [0.25, 0.3) is 0 Å². The van der Waals surface area contributed by atoms with Crippen LogP contribution in [0.2, 0.25) is 0 Å². The van der Waals surface area contributed by atoms with E-state index in [9.17, 15) is 55.5 Å². The van der Waals surface area contributed by atoms with Crippen LogP contribution in [0.25, 0.3) is 0 Å². The van der Waals surface area contributed by atoms with Crippen LogP contribution in [0.1, 0.15) is 70.9 Å². The zero-order chi connectivity index (χ0) is 47.0. The molecule has 2 fully saturated rings. The molecule has 354 valence electrons. The molecule has 0 radical (unpaired) electrons. The number of ether oxygens (including phenoxy) is 6. The van der Waals surface area contributed by atoms with Crippen molar-refractivity contribution in [3.8, 4) is 11.5 Å². The summed E-state index contributed by atoms with van der Waals surface area (Å²) in [5.74, 6) is -4.40. The Morgan fingerprint density at radius 2 is 1.59 bits per heavy atom. The molecule has 13 atom stereocenters. The molecular weight excluding hydrogens is 836 g/mol. The van der Waals surface area contributed by atoms with Crippen LogP contribution in [0.3, 0.4) is 0 Å². The van der Waals surface area contributed by atoms with Crippen molar-refractivity contribution in [3.63, 3.8) is 0 Å². The van der Waals surface area contributed by atoms with Gasteiger partial charge in [-0.25, -0.2) is 9.59 Å². The van der Waals surface area contributed by atoms with E-state index in [0.29, 0.717) is 12.3 Å². The number of benzene rings is 1. The van der Waals surface area contributed by atoms with Crippen molar-refractivity contribution >= 4 is 11.9 Å². The molecule has 1 spiro atoms. The number of rotatable bonds is 21. The lowest BCUT2D eigenvalue weighted by Crippen LogP contribution is -2.67. The molecule has 0 bridgehead atoms. The number of allylic oxidation sites excluding steroid dienone is 9. The van der Waals surface area contributed by atoms with Gasteiger partial charge in [0.05, 0.1) is 31.0 Å². The molecule has 4 rings (SSSR count). The van der Waals surface area contributed by atoms with Crippen LogP contribution < -0.4 is 0 Å². The molecule has 1 aromatic rings. The second-order valence-corrected chi connectivity index (χ2v) is 16.0. The average molecular weight is 901 g/mol. The highest BCUT2D eigenvalue weighted by atomic mass is 16.8. The van der Waals surface area contributed by atoms with E-state index >= 15 is 0 Å². The maximum Gasteiger partial charge on any atom is 0.331 e. The predicted molar refractivity (Wildman–Crippen MR) is 231 cm³/mol. The number of carbonyl (C=O) groups excluding carboxylic acids is 2. The predicted octanol–water partition coefficient (Wildman–Crippen LogP) is 2.81. The second kappa shape index (κ2) is 25.3. The van der Waals surface area contributed by atoms with E-state index in [1.165, 1.54) is 30.4 Å². The van der Waals surface area contributed by atoms with Crippen LogP contribution in [0.4, 0.5) is 0 Å². The smallest absolute Gasteiger partial charge is 0.331 e. The quantitative estimate of drug-likeness (QED) is 0.0488. The molecule has 9 N–H and O–H groups in total. The first kappa shape index (κ1) is 52.1. The van der Waals surface area contributed by atoms with Crippen molar-refractivity contribution < 1.29 is 84.0 Å². The first-order valence-electron chi connectivity index (χ1n) is 21.5. The molecule has 0 aliphatic carbocycles. The standard InChI is InChI=1S/C47H64O17/c1-5-28(3)17-11-9-12-18-29(4)33(51)20-14-10-16-22-38(54)62-44-43(35(25-48)64-47(45(44)58)39-30(26-60-47)23-32(50)24-34(39)52)63-46-42(57)41(56)40(55)36(61-46)27-59-37(53)21-15-8-7-13-19-31(49)6-2/h7-10,12-16,18-19,21-24,28,31,33,35-36,40-46,48-52,55-58H,5-6,11,17,20,25-27H2,1-4H3/b8-7+,12-9+,14-10+,19-13+,21-15+,22-16+,29-18+. The summed E-state index contributed by atoms with van der Waals surface area (Å²) in [6, 6.07) is 2.25. The van der Waals surface area contributed by atoms with E-state index in [-0.39, 0.29) is 29.9 Å². The van der Waals surface area contributed by atoms with Gasteiger partial charge < -0.3 is 74.4 Å². The SMILES string of the molecule is CCC(O)/C=C/C=C/C=C/C(=O)OCC1OC(OC2C(CO)OC3(OCc4cc(O)cc(O)c43)C(O)C2OC(=O)/C=C/C=C/CC(O)/C(C)=C/C=C/CCC(C)CC)C(O)C(O)C1O. The summed E-state index contributed by atoms with van der Waals surface area (Å²) in [5, 5.41) is 96.3. The molecule has 17 heteroatoms. The molecule has 2 saturated heterocycles. The fourth-order valence-corrected chi connectivity index (χ4v) is 7.09. The van der Waals surface area contributed by atoms with Gasteiger partial charge in [-0.3, -0.25) is 0 Å². The molecular formula is C47H64O17. The van der Waals surface area contributed by atoms with E-state index in [2.05, 4.69) is 19.9 Å². The number of aliphatic hydroxyl groups is 7. The molecule has 3 aliphatic rings. The Labute approximate surface area is 373 Å². The minimum Gasteiger partial charge on any atom is -0.508 e. The van der Waals surface area contributed by atoms with Crippen molar-refractivity contribution in [1.29, 1.82) is 0 Å². The van der Waals surface area contributed by atoms with Gasteiger partial charge in [0.15, 0.2) is 18.5 Å². The van der Waals surface area contributed by atoms with Crippen molar-refractivity contribution in [1.82, 2.24) is 0 Å². The maximum atomic E-state index is 13.4. The van der Waals surface area contributed by atoms with Crippen molar-refractivity contribution in [2.24, 2.45) is 5.92 Å². The maximum absolute atomic E-state index is 13.4. The summed E-state index contributed by atoms with van der Waals surface area (Å²) in [6.45, 7) is 6.16. The molecule has 3 aliphatic heterocycles. The summed E-state index contributed by atoms with van der Waals surface area (Å²) >= 11 is 0. The van der Waals surface area contributed by atoms with Crippen molar-refractivity contribution in [2.75, 3.05) is 13.2 Å². The Morgan fingerprint density at radius 1 is 0.875 bits per heavy atom. The van der Waals surface area contributed by atoms with Gasteiger partial charge in [0, 0.05) is 18.2 Å². The number of esters is 2. The summed E-state index contributed by atoms with van der Waals surface area (Å²) in [4.78, 5) is 25.8. The summed E-state index contributed by atoms with van der Waals surface area (Å²) in [6.07, 6.45) is 6.33. The molecule has 13 unspecified atom stereocenters.